The van der Waals surface area contributed by atoms with Gasteiger partial charge in [0.1, 0.15) is 13.2 Å². The maximum absolute atomic E-state index is 12.8. The molecule has 1 unspecified atom stereocenters. The zero-order chi connectivity index (χ0) is 47.2. The van der Waals surface area contributed by atoms with Gasteiger partial charge in [0.2, 0.25) is 0 Å². The third-order valence-electron chi connectivity index (χ3n) is 9.93. The van der Waals surface area contributed by atoms with Crippen LogP contribution in [0.2, 0.25) is 0 Å². The maximum Gasteiger partial charge on any atom is 0.306 e. The second-order valence-electron chi connectivity index (χ2n) is 16.0. The van der Waals surface area contributed by atoms with Gasteiger partial charge < -0.3 is 14.2 Å². The standard InChI is InChI=1S/C59H90O6/c1-4-7-10-13-16-19-22-25-27-28-29-30-32-34-37-40-43-46-49-52-58(61)64-55-56(54-63-57(60)51-48-45-42-39-36-33-24-21-18-15-12-9-6-3)65-59(62)53-50-47-44-41-38-35-31-26-23-20-17-14-11-8-5-2/h7-8,10-11,14,16-17,19-20,23,25-27,29-31,33-34,36-37,42-43,45-46,56H,4-6,9,12-13,15,18,21-22,24,28,32,35,38-41,44,47-55H2,1-3H3/b10-7+,11-8+,17-14+,19-16+,23-20+,27-25+,30-29+,31-26+,36-33+,37-34+,45-42+,46-43+. The minimum absolute atomic E-state index is 0.148. The number of ether oxygens (including phenoxy) is 3. The van der Waals surface area contributed by atoms with Crippen molar-refractivity contribution in [2.45, 2.75) is 194 Å². The maximum atomic E-state index is 12.8. The molecule has 0 N–H and O–H groups in total. The number of hydrogen-bond donors (Lipinski definition) is 0. The van der Waals surface area contributed by atoms with Gasteiger partial charge in [0, 0.05) is 19.3 Å². The highest BCUT2D eigenvalue weighted by molar-refractivity contribution is 5.71. The van der Waals surface area contributed by atoms with Crippen LogP contribution < -0.4 is 0 Å². The Kier molecular flexibility index (Phi) is 48.2. The van der Waals surface area contributed by atoms with Crippen LogP contribution in [0.3, 0.4) is 0 Å². The van der Waals surface area contributed by atoms with Crippen LogP contribution in [0, 0.1) is 0 Å². The van der Waals surface area contributed by atoms with E-state index < -0.39 is 6.10 Å². The summed E-state index contributed by atoms with van der Waals surface area (Å²) < 4.78 is 16.6. The van der Waals surface area contributed by atoms with Crippen molar-refractivity contribution in [2.24, 2.45) is 0 Å². The van der Waals surface area contributed by atoms with Crippen molar-refractivity contribution in [3.8, 4) is 0 Å². The van der Waals surface area contributed by atoms with Gasteiger partial charge in [0.15, 0.2) is 6.10 Å². The third kappa shape index (κ3) is 50.2. The van der Waals surface area contributed by atoms with Crippen LogP contribution in [0.25, 0.3) is 0 Å². The Balaban J connectivity index is 4.63. The molecule has 0 fully saturated rings. The Morgan fingerprint density at radius 2 is 0.708 bits per heavy atom. The Bertz CT molecular complexity index is 1490. The molecule has 362 valence electrons. The van der Waals surface area contributed by atoms with Crippen molar-refractivity contribution < 1.29 is 28.6 Å². The van der Waals surface area contributed by atoms with Gasteiger partial charge in [-0.1, -0.05) is 218 Å². The number of unbranched alkanes of at least 4 members (excludes halogenated alkanes) is 11. The van der Waals surface area contributed by atoms with E-state index in [1.54, 1.807) is 0 Å². The highest BCUT2D eigenvalue weighted by Crippen LogP contribution is 2.11. The summed E-state index contributed by atoms with van der Waals surface area (Å²) in [5.41, 5.74) is 0. The normalized spacial score (nSPS) is 13.3. The van der Waals surface area contributed by atoms with Crippen LogP contribution in [0.4, 0.5) is 0 Å². The van der Waals surface area contributed by atoms with Gasteiger partial charge in [-0.15, -0.1) is 0 Å². The average Bonchev–Trinajstić information content (AvgIpc) is 3.30. The quantitative estimate of drug-likeness (QED) is 0.0199. The van der Waals surface area contributed by atoms with Gasteiger partial charge in [-0.05, 0) is 96.3 Å². The van der Waals surface area contributed by atoms with E-state index in [1.165, 1.54) is 38.5 Å². The van der Waals surface area contributed by atoms with E-state index >= 15 is 0 Å². The molecule has 6 nitrogen and oxygen atoms in total. The summed E-state index contributed by atoms with van der Waals surface area (Å²) in [6, 6.07) is 0. The molecule has 0 aliphatic rings. The van der Waals surface area contributed by atoms with Gasteiger partial charge in [-0.3, -0.25) is 14.4 Å². The molecule has 6 heteroatoms. The smallest absolute Gasteiger partial charge is 0.306 e. The fourth-order valence-corrected chi connectivity index (χ4v) is 6.18. The lowest BCUT2D eigenvalue weighted by molar-refractivity contribution is -0.166. The summed E-state index contributed by atoms with van der Waals surface area (Å²) in [7, 11) is 0. The fourth-order valence-electron chi connectivity index (χ4n) is 6.18. The van der Waals surface area contributed by atoms with E-state index in [1.807, 2.05) is 42.5 Å². The van der Waals surface area contributed by atoms with E-state index in [9.17, 15) is 14.4 Å². The SMILES string of the molecule is CC/C=C/C=C/C=C/C=C/CCCCCCCC(=O)OC(COC(=O)CC/C=C/C/C=C/C/C=C/C/C=C/C/C=C/C/C=C/CC)COC(=O)CC/C=C/C/C=C/CCCCCCCC. The fraction of sp³-hybridized carbons (Fsp3) is 0.542. The summed E-state index contributed by atoms with van der Waals surface area (Å²) in [6.45, 7) is 6.21. The van der Waals surface area contributed by atoms with E-state index in [0.29, 0.717) is 12.8 Å². The van der Waals surface area contributed by atoms with Crippen molar-refractivity contribution in [3.63, 3.8) is 0 Å². The lowest BCUT2D eigenvalue weighted by atomic mass is 10.1. The number of hydrogen-bond acceptors (Lipinski definition) is 6. The lowest BCUT2D eigenvalue weighted by Crippen LogP contribution is -2.30. The van der Waals surface area contributed by atoms with Crippen molar-refractivity contribution >= 4 is 17.9 Å². The Hall–Kier alpha value is -4.71. The summed E-state index contributed by atoms with van der Waals surface area (Å²) in [5.74, 6) is -1.13. The summed E-state index contributed by atoms with van der Waals surface area (Å²) in [5, 5.41) is 0. The first-order valence-electron chi connectivity index (χ1n) is 25.4. The molecule has 0 aliphatic carbocycles. The first-order chi connectivity index (χ1) is 32.0. The van der Waals surface area contributed by atoms with Gasteiger partial charge in [0.25, 0.3) is 0 Å². The zero-order valence-corrected chi connectivity index (χ0v) is 41.2. The number of esters is 3. The number of carbonyl (C=O) groups excluding carboxylic acids is 3. The molecule has 0 heterocycles. The minimum atomic E-state index is -0.849. The molecule has 0 spiro atoms. The molecule has 0 aromatic heterocycles. The molecule has 0 radical (unpaired) electrons. The second kappa shape index (κ2) is 51.9. The van der Waals surface area contributed by atoms with Crippen LogP contribution in [0.15, 0.2) is 146 Å². The largest absolute Gasteiger partial charge is 0.462 e. The van der Waals surface area contributed by atoms with E-state index in [4.69, 9.17) is 14.2 Å². The first-order valence-corrected chi connectivity index (χ1v) is 25.4. The van der Waals surface area contributed by atoms with Crippen molar-refractivity contribution in [1.29, 1.82) is 0 Å². The highest BCUT2D eigenvalue weighted by atomic mass is 16.6. The Morgan fingerprint density at radius 3 is 1.18 bits per heavy atom. The molecule has 0 bridgehead atoms. The van der Waals surface area contributed by atoms with Gasteiger partial charge >= 0.3 is 17.9 Å². The summed E-state index contributed by atoms with van der Waals surface area (Å²) >= 11 is 0. The van der Waals surface area contributed by atoms with Crippen LogP contribution in [-0.2, 0) is 28.6 Å². The average molecular weight is 895 g/mol. The lowest BCUT2D eigenvalue weighted by Gasteiger charge is -2.18. The number of allylic oxidation sites excluding steroid dienone is 24. The molecular formula is C59H90O6. The van der Waals surface area contributed by atoms with E-state index in [2.05, 4.69) is 124 Å². The topological polar surface area (TPSA) is 78.9 Å². The predicted octanol–water partition coefficient (Wildman–Crippen LogP) is 16.9. The van der Waals surface area contributed by atoms with E-state index in [0.717, 1.165) is 96.3 Å². The Labute approximate surface area is 397 Å². The monoisotopic (exact) mass is 895 g/mol. The van der Waals surface area contributed by atoms with Crippen molar-refractivity contribution in [2.75, 3.05) is 13.2 Å². The van der Waals surface area contributed by atoms with Crippen LogP contribution >= 0.6 is 0 Å². The third-order valence-corrected chi connectivity index (χ3v) is 9.93. The van der Waals surface area contributed by atoms with Crippen LogP contribution in [0.5, 0.6) is 0 Å². The van der Waals surface area contributed by atoms with Gasteiger partial charge in [-0.2, -0.15) is 0 Å². The molecule has 0 aromatic rings. The summed E-state index contributed by atoms with van der Waals surface area (Å²) in [4.78, 5) is 37.9. The van der Waals surface area contributed by atoms with Crippen LogP contribution in [-0.4, -0.2) is 37.2 Å². The molecule has 0 saturated carbocycles. The van der Waals surface area contributed by atoms with Crippen molar-refractivity contribution in [1.82, 2.24) is 0 Å². The molecule has 0 rings (SSSR count). The minimum Gasteiger partial charge on any atom is -0.462 e. The number of carbonyl (C=O) groups is 3. The molecular weight excluding hydrogens is 805 g/mol. The van der Waals surface area contributed by atoms with Crippen LogP contribution in [0.1, 0.15) is 188 Å². The summed E-state index contributed by atoms with van der Waals surface area (Å²) in [6.07, 6.45) is 74.2. The molecule has 0 saturated heterocycles. The molecule has 1 atom stereocenters. The Morgan fingerprint density at radius 1 is 0.338 bits per heavy atom. The molecule has 0 amide bonds. The molecule has 0 aromatic carbocycles. The highest BCUT2D eigenvalue weighted by Gasteiger charge is 2.19. The predicted molar refractivity (Wildman–Crippen MR) is 279 cm³/mol. The van der Waals surface area contributed by atoms with Gasteiger partial charge in [-0.25, -0.2) is 0 Å². The molecule has 0 aliphatic heterocycles. The van der Waals surface area contributed by atoms with E-state index in [-0.39, 0.29) is 50.4 Å². The van der Waals surface area contributed by atoms with Crippen molar-refractivity contribution in [3.05, 3.63) is 146 Å². The zero-order valence-electron chi connectivity index (χ0n) is 41.2. The van der Waals surface area contributed by atoms with Gasteiger partial charge in [0.05, 0.1) is 0 Å². The second-order valence-corrected chi connectivity index (χ2v) is 16.0. The first kappa shape index (κ1) is 60.3. The number of rotatable bonds is 43. The molecule has 65 heavy (non-hydrogen) atoms.